The van der Waals surface area contributed by atoms with Crippen LogP contribution in [0.25, 0.3) is 0 Å². The second-order valence-electron chi connectivity index (χ2n) is 4.78. The number of terminal acetylenes is 1. The third kappa shape index (κ3) is 2.26. The van der Waals surface area contributed by atoms with E-state index in [2.05, 4.69) is 16.6 Å². The summed E-state index contributed by atoms with van der Waals surface area (Å²) in [6.07, 6.45) is 5.37. The lowest BCUT2D eigenvalue weighted by Gasteiger charge is -2.22. The van der Waals surface area contributed by atoms with Crippen LogP contribution in [-0.4, -0.2) is 18.0 Å². The van der Waals surface area contributed by atoms with E-state index in [-0.39, 0.29) is 11.8 Å². The number of carbonyl (C=O) groups is 1. The van der Waals surface area contributed by atoms with E-state index in [0.717, 1.165) is 11.3 Å². The van der Waals surface area contributed by atoms with E-state index in [1.165, 1.54) is 0 Å². The average Bonchev–Trinajstić information content (AvgIpc) is 2.72. The number of nitrogens with one attached hydrogen (secondary N) is 2. The highest BCUT2D eigenvalue weighted by Gasteiger charge is 2.30. The lowest BCUT2D eigenvalue weighted by atomic mass is 9.98. The molecule has 0 fully saturated rings. The molecule has 3 nitrogen and oxygen atoms in total. The SMILES string of the molecule is C#CC(C)(C)NC(=O)C1CNc2ccccc21. The minimum Gasteiger partial charge on any atom is -0.384 e. The highest BCUT2D eigenvalue weighted by molar-refractivity contribution is 5.88. The van der Waals surface area contributed by atoms with Crippen molar-refractivity contribution in [2.75, 3.05) is 11.9 Å². The third-order valence-electron chi connectivity index (χ3n) is 2.95. The van der Waals surface area contributed by atoms with Crippen molar-refractivity contribution >= 4 is 11.6 Å². The van der Waals surface area contributed by atoms with Crippen molar-refractivity contribution in [2.45, 2.75) is 25.3 Å². The number of hydrogen-bond acceptors (Lipinski definition) is 2. The molecule has 88 valence electrons. The summed E-state index contributed by atoms with van der Waals surface area (Å²) in [6.45, 7) is 4.27. The van der Waals surface area contributed by atoms with Gasteiger partial charge >= 0.3 is 0 Å². The molecule has 1 aromatic rings. The maximum atomic E-state index is 12.1. The molecule has 0 spiro atoms. The van der Waals surface area contributed by atoms with Gasteiger partial charge < -0.3 is 10.6 Å². The van der Waals surface area contributed by atoms with Gasteiger partial charge in [-0.2, -0.15) is 0 Å². The quantitative estimate of drug-likeness (QED) is 0.757. The van der Waals surface area contributed by atoms with E-state index >= 15 is 0 Å². The molecule has 1 amide bonds. The van der Waals surface area contributed by atoms with Crippen LogP contribution in [0.2, 0.25) is 0 Å². The first-order valence-corrected chi connectivity index (χ1v) is 5.66. The number of carbonyl (C=O) groups excluding carboxylic acids is 1. The topological polar surface area (TPSA) is 41.1 Å². The molecule has 17 heavy (non-hydrogen) atoms. The lowest BCUT2D eigenvalue weighted by Crippen LogP contribution is -2.44. The van der Waals surface area contributed by atoms with Crippen LogP contribution >= 0.6 is 0 Å². The molecular weight excluding hydrogens is 212 g/mol. The van der Waals surface area contributed by atoms with E-state index in [0.29, 0.717) is 6.54 Å². The fourth-order valence-corrected chi connectivity index (χ4v) is 1.95. The van der Waals surface area contributed by atoms with Crippen LogP contribution in [0.5, 0.6) is 0 Å². The minimum atomic E-state index is -0.603. The smallest absolute Gasteiger partial charge is 0.230 e. The van der Waals surface area contributed by atoms with Crippen molar-refractivity contribution in [1.82, 2.24) is 5.32 Å². The first-order chi connectivity index (χ1) is 8.03. The van der Waals surface area contributed by atoms with Gasteiger partial charge in [-0.1, -0.05) is 24.1 Å². The second-order valence-corrected chi connectivity index (χ2v) is 4.78. The summed E-state index contributed by atoms with van der Waals surface area (Å²) in [4.78, 5) is 12.1. The van der Waals surface area contributed by atoms with Crippen molar-refractivity contribution in [3.05, 3.63) is 29.8 Å². The Labute approximate surface area is 102 Å². The van der Waals surface area contributed by atoms with Gasteiger partial charge in [-0.25, -0.2) is 0 Å². The van der Waals surface area contributed by atoms with Crippen molar-refractivity contribution < 1.29 is 4.79 Å². The van der Waals surface area contributed by atoms with Crippen LogP contribution in [0.3, 0.4) is 0 Å². The molecule has 0 saturated carbocycles. The Kier molecular flexibility index (Phi) is 2.81. The summed E-state index contributed by atoms with van der Waals surface area (Å²) < 4.78 is 0. The van der Waals surface area contributed by atoms with Gasteiger partial charge in [-0.3, -0.25) is 4.79 Å². The zero-order chi connectivity index (χ0) is 12.5. The molecule has 2 N–H and O–H groups in total. The Morgan fingerprint density at radius 2 is 2.24 bits per heavy atom. The van der Waals surface area contributed by atoms with E-state index in [1.807, 2.05) is 38.1 Å². The van der Waals surface area contributed by atoms with Crippen LogP contribution in [0, 0.1) is 12.3 Å². The summed E-state index contributed by atoms with van der Waals surface area (Å²) >= 11 is 0. The normalized spacial score (nSPS) is 17.8. The van der Waals surface area contributed by atoms with Crippen molar-refractivity contribution in [3.8, 4) is 12.3 Å². The summed E-state index contributed by atoms with van der Waals surface area (Å²) in [6, 6.07) is 7.85. The van der Waals surface area contributed by atoms with Gasteiger partial charge in [-0.15, -0.1) is 6.42 Å². The third-order valence-corrected chi connectivity index (χ3v) is 2.95. The Balaban J connectivity index is 2.16. The largest absolute Gasteiger partial charge is 0.384 e. The summed E-state index contributed by atoms with van der Waals surface area (Å²) in [7, 11) is 0. The molecule has 0 bridgehead atoms. The fraction of sp³-hybridized carbons (Fsp3) is 0.357. The lowest BCUT2D eigenvalue weighted by molar-refractivity contribution is -0.123. The Morgan fingerprint density at radius 3 is 2.94 bits per heavy atom. The maximum absolute atomic E-state index is 12.1. The van der Waals surface area contributed by atoms with Crippen LogP contribution in [0.15, 0.2) is 24.3 Å². The van der Waals surface area contributed by atoms with E-state index in [1.54, 1.807) is 0 Å². The minimum absolute atomic E-state index is 0.0228. The van der Waals surface area contributed by atoms with E-state index in [4.69, 9.17) is 6.42 Å². The van der Waals surface area contributed by atoms with Gasteiger partial charge in [0.25, 0.3) is 0 Å². The molecule has 1 aliphatic rings. The molecule has 3 heteroatoms. The monoisotopic (exact) mass is 228 g/mol. The Hall–Kier alpha value is -1.95. The highest BCUT2D eigenvalue weighted by Crippen LogP contribution is 2.31. The van der Waals surface area contributed by atoms with Gasteiger partial charge in [0.1, 0.15) is 0 Å². The molecule has 1 atom stereocenters. The number of amides is 1. The maximum Gasteiger partial charge on any atom is 0.230 e. The van der Waals surface area contributed by atoms with E-state index in [9.17, 15) is 4.79 Å². The number of hydrogen-bond donors (Lipinski definition) is 2. The van der Waals surface area contributed by atoms with Gasteiger partial charge in [0.2, 0.25) is 5.91 Å². The highest BCUT2D eigenvalue weighted by atomic mass is 16.2. The van der Waals surface area contributed by atoms with Crippen LogP contribution in [-0.2, 0) is 4.79 Å². The van der Waals surface area contributed by atoms with Gasteiger partial charge in [0, 0.05) is 12.2 Å². The zero-order valence-corrected chi connectivity index (χ0v) is 10.1. The van der Waals surface area contributed by atoms with Crippen molar-refractivity contribution in [3.63, 3.8) is 0 Å². The standard InChI is InChI=1S/C14H16N2O/c1-4-14(2,3)16-13(17)11-9-15-12-8-6-5-7-10(11)12/h1,5-8,11,15H,9H2,2-3H3,(H,16,17). The number of para-hydroxylation sites is 1. The summed E-state index contributed by atoms with van der Waals surface area (Å²) in [5.41, 5.74) is 1.47. The van der Waals surface area contributed by atoms with Gasteiger partial charge in [-0.05, 0) is 25.5 Å². The molecule has 1 aromatic carbocycles. The number of rotatable bonds is 2. The molecule has 0 aromatic heterocycles. The average molecular weight is 228 g/mol. The predicted molar refractivity (Wildman–Crippen MR) is 68.7 cm³/mol. The first kappa shape index (κ1) is 11.5. The summed E-state index contributed by atoms with van der Waals surface area (Å²) in [5, 5.41) is 6.10. The van der Waals surface area contributed by atoms with Gasteiger partial charge in [0.05, 0.1) is 11.5 Å². The molecular formula is C14H16N2O. The molecule has 0 aliphatic carbocycles. The number of benzene rings is 1. The fourth-order valence-electron chi connectivity index (χ4n) is 1.95. The first-order valence-electron chi connectivity index (χ1n) is 5.66. The van der Waals surface area contributed by atoms with Gasteiger partial charge in [0.15, 0.2) is 0 Å². The summed E-state index contributed by atoms with van der Waals surface area (Å²) in [5.74, 6) is 2.39. The molecule has 2 rings (SSSR count). The Bertz CT molecular complexity index is 485. The molecule has 0 saturated heterocycles. The number of anilines is 1. The predicted octanol–water partition coefficient (Wildman–Crippen LogP) is 1.72. The molecule has 1 heterocycles. The zero-order valence-electron chi connectivity index (χ0n) is 10.1. The van der Waals surface area contributed by atoms with E-state index < -0.39 is 5.54 Å². The van der Waals surface area contributed by atoms with Crippen molar-refractivity contribution in [2.24, 2.45) is 0 Å². The van der Waals surface area contributed by atoms with Crippen LogP contribution in [0.1, 0.15) is 25.3 Å². The second kappa shape index (κ2) is 4.14. The molecule has 0 radical (unpaired) electrons. The molecule has 1 aliphatic heterocycles. The number of fused-ring (bicyclic) bond motifs is 1. The van der Waals surface area contributed by atoms with Crippen molar-refractivity contribution in [1.29, 1.82) is 0 Å². The molecule has 1 unspecified atom stereocenters. The van der Waals surface area contributed by atoms with Crippen LogP contribution < -0.4 is 10.6 Å². The Morgan fingerprint density at radius 1 is 1.53 bits per heavy atom. The van der Waals surface area contributed by atoms with Crippen LogP contribution in [0.4, 0.5) is 5.69 Å².